The van der Waals surface area contributed by atoms with Crippen LogP contribution in [0.5, 0.6) is 0 Å². The number of rotatable bonds is 4. The van der Waals surface area contributed by atoms with E-state index >= 15 is 0 Å². The molecule has 0 heterocycles. The number of nitrogens with two attached hydrogens (primary N) is 1. The zero-order valence-corrected chi connectivity index (χ0v) is 11.1. The number of hydrogen-bond donors (Lipinski definition) is 1. The van der Waals surface area contributed by atoms with E-state index < -0.39 is 0 Å². The fourth-order valence-electron chi connectivity index (χ4n) is 0.446. The van der Waals surface area contributed by atoms with Crippen LogP contribution in [0.3, 0.4) is 0 Å². The van der Waals surface area contributed by atoms with E-state index in [4.69, 9.17) is 5.73 Å². The molecule has 0 spiro atoms. The van der Waals surface area contributed by atoms with Crippen LogP contribution < -0.4 is 5.73 Å². The van der Waals surface area contributed by atoms with Gasteiger partial charge in [-0.2, -0.15) is 0 Å². The Bertz CT molecular complexity index is 36.1. The molecule has 0 saturated carbocycles. The summed E-state index contributed by atoms with van der Waals surface area (Å²) in [5.41, 5.74) is 5.28. The zero-order chi connectivity index (χ0) is 5.54. The van der Waals surface area contributed by atoms with Gasteiger partial charge in [-0.25, -0.2) is 0 Å². The second-order valence-electron chi connectivity index (χ2n) is 1.60. The van der Waals surface area contributed by atoms with Gasteiger partial charge < -0.3 is 0 Å². The van der Waals surface area contributed by atoms with E-state index in [0.717, 1.165) is 6.54 Å². The molecule has 0 rings (SSSR count). The molecule has 0 aliphatic carbocycles. The molecule has 65 valence electrons. The monoisotopic (exact) mass is 314 g/mol. The molecule has 1 nitrogen and oxygen atoms in total. The van der Waals surface area contributed by atoms with Crippen molar-refractivity contribution in [3.63, 3.8) is 0 Å². The predicted octanol–water partition coefficient (Wildman–Crippen LogP) is 1.97. The van der Waals surface area contributed by atoms with Crippen LogP contribution in [0.4, 0.5) is 0 Å². The fraction of sp³-hybridized carbons (Fsp3) is 1.00. The summed E-state index contributed by atoms with van der Waals surface area (Å²) >= 11 is 1.66. The summed E-state index contributed by atoms with van der Waals surface area (Å²) in [6.45, 7) is 0.871. The topological polar surface area (TPSA) is 26.0 Å². The summed E-state index contributed by atoms with van der Waals surface area (Å²) in [6.07, 6.45) is 3.94. The Balaban J connectivity index is -0.0000000600. The molecule has 2 N–H and O–H groups in total. The Labute approximate surface area is 95.2 Å². The van der Waals surface area contributed by atoms with Crippen molar-refractivity contribution >= 4 is 59.7 Å². The average Bonchev–Trinajstić information content (AvgIpc) is 1.69. The predicted molar refractivity (Wildman–Crippen MR) is 55.2 cm³/mol. The van der Waals surface area contributed by atoms with Crippen LogP contribution in [-0.4, -0.2) is 29.1 Å². The number of hydrogen-bond acceptors (Lipinski definition) is 1. The summed E-state index contributed by atoms with van der Waals surface area (Å²) in [5.74, 6) is 0. The average molecular weight is 314 g/mol. The van der Waals surface area contributed by atoms with Crippen molar-refractivity contribution < 1.29 is 0 Å². The molecule has 0 aromatic heterocycles. The van der Waals surface area contributed by atoms with E-state index in [1.54, 1.807) is 22.5 Å². The first-order valence-electron chi connectivity index (χ1n) is 2.76. The third kappa shape index (κ3) is 22.6. The molecule has 10 heavy (non-hydrogen) atoms. The van der Waals surface area contributed by atoms with E-state index in [-0.39, 0.29) is 37.2 Å². The van der Waals surface area contributed by atoms with Crippen LogP contribution in [0, 0.1) is 0 Å². The maximum atomic E-state index is 5.28. The van der Waals surface area contributed by atoms with Crippen molar-refractivity contribution in [3.8, 4) is 0 Å². The van der Waals surface area contributed by atoms with Gasteiger partial charge in [0, 0.05) is 0 Å². The van der Waals surface area contributed by atoms with E-state index in [1.807, 2.05) is 0 Å². The Morgan fingerprint density at radius 1 is 0.900 bits per heavy atom. The normalized spacial score (nSPS) is 6.60. The molecule has 3 radical (unpaired) electrons. The van der Waals surface area contributed by atoms with Crippen molar-refractivity contribution in [2.24, 2.45) is 5.73 Å². The Kier molecular flexibility index (Phi) is 50.6. The van der Waals surface area contributed by atoms with E-state index in [0.29, 0.717) is 0 Å². The van der Waals surface area contributed by atoms with Crippen LogP contribution in [0.25, 0.3) is 0 Å². The van der Waals surface area contributed by atoms with Crippen LogP contribution in [0.15, 0.2) is 0 Å². The molecule has 0 aromatic carbocycles. The first kappa shape index (κ1) is 22.6. The first-order valence-corrected chi connectivity index (χ1v) is 4.78. The molecule has 0 aliphatic rings. The van der Waals surface area contributed by atoms with Gasteiger partial charge in [-0.15, -0.1) is 37.2 Å². The summed E-state index contributed by atoms with van der Waals surface area (Å²) in [7, 11) is 0. The van der Waals surface area contributed by atoms with Crippen LogP contribution in [0.1, 0.15) is 19.3 Å². The molecule has 0 atom stereocenters. The van der Waals surface area contributed by atoms with Gasteiger partial charge in [-0.3, -0.25) is 0 Å². The Hall–Kier alpha value is 1.63. The molecular weight excluding hydrogens is 299 g/mol. The summed E-state index contributed by atoms with van der Waals surface area (Å²) in [6, 6.07) is 0. The van der Waals surface area contributed by atoms with Crippen LogP contribution in [-0.2, 0) is 0 Å². The standard InChI is InChI=1S/C5H12N.3ClH.Sn/c1-2-3-4-5-6;;;;/h1-6H2;3*1H;. The van der Waals surface area contributed by atoms with Crippen molar-refractivity contribution in [2.75, 3.05) is 6.54 Å². The van der Waals surface area contributed by atoms with Crippen molar-refractivity contribution in [1.29, 1.82) is 0 Å². The van der Waals surface area contributed by atoms with Gasteiger partial charge >= 0.3 is 58.5 Å². The molecule has 0 amide bonds. The molecular formula is C5H15Cl3NSn. The van der Waals surface area contributed by atoms with Gasteiger partial charge in [-0.1, -0.05) is 0 Å². The molecule has 5 heteroatoms. The van der Waals surface area contributed by atoms with Crippen molar-refractivity contribution in [1.82, 2.24) is 0 Å². The van der Waals surface area contributed by atoms with Gasteiger partial charge in [0.2, 0.25) is 0 Å². The minimum absolute atomic E-state index is 0. The first-order chi connectivity index (χ1) is 3.41. The molecule has 0 aliphatic heterocycles. The molecule has 0 saturated heterocycles. The number of halogens is 3. The van der Waals surface area contributed by atoms with E-state index in [1.165, 1.54) is 23.7 Å². The molecule has 0 aromatic rings. The second kappa shape index (κ2) is 22.4. The summed E-state index contributed by atoms with van der Waals surface area (Å²) in [5, 5.41) is 0. The van der Waals surface area contributed by atoms with Gasteiger partial charge in [-0.05, 0) is 0 Å². The zero-order valence-electron chi connectivity index (χ0n) is 5.84. The quantitative estimate of drug-likeness (QED) is 0.623. The Morgan fingerprint density at radius 2 is 1.40 bits per heavy atom. The van der Waals surface area contributed by atoms with Crippen molar-refractivity contribution in [2.45, 2.75) is 23.7 Å². The second-order valence-corrected chi connectivity index (χ2v) is 3.03. The van der Waals surface area contributed by atoms with E-state index in [2.05, 4.69) is 0 Å². The molecule has 0 bridgehead atoms. The van der Waals surface area contributed by atoms with Gasteiger partial charge in [0.05, 0.1) is 0 Å². The minimum atomic E-state index is 0. The fourth-order valence-corrected chi connectivity index (χ4v) is 1.16. The summed E-state index contributed by atoms with van der Waals surface area (Å²) in [4.78, 5) is 0. The van der Waals surface area contributed by atoms with Crippen LogP contribution >= 0.6 is 37.2 Å². The SMILES string of the molecule is Cl.Cl.Cl.NCCCC[CH2][Sn]. The van der Waals surface area contributed by atoms with Crippen LogP contribution in [0.2, 0.25) is 4.44 Å². The number of unbranched alkanes of at least 4 members (excludes halogenated alkanes) is 2. The van der Waals surface area contributed by atoms with E-state index in [9.17, 15) is 0 Å². The molecule has 0 fully saturated rings. The van der Waals surface area contributed by atoms with Gasteiger partial charge in [0.15, 0.2) is 0 Å². The summed E-state index contributed by atoms with van der Waals surface area (Å²) < 4.78 is 1.40. The molecule has 0 unspecified atom stereocenters. The van der Waals surface area contributed by atoms with Crippen molar-refractivity contribution in [3.05, 3.63) is 0 Å². The third-order valence-corrected chi connectivity index (χ3v) is 1.89. The van der Waals surface area contributed by atoms with Gasteiger partial charge in [0.25, 0.3) is 0 Å². The van der Waals surface area contributed by atoms with Gasteiger partial charge in [0.1, 0.15) is 0 Å². The third-order valence-electron chi connectivity index (χ3n) is 0.881. The Morgan fingerprint density at radius 3 is 1.70 bits per heavy atom. The maximum absolute atomic E-state index is 5.28.